The first-order valence-corrected chi connectivity index (χ1v) is 4.18. The van der Waals surface area contributed by atoms with Gasteiger partial charge in [0, 0.05) is 6.92 Å². The van der Waals surface area contributed by atoms with E-state index < -0.39 is 5.41 Å². The third kappa shape index (κ3) is 3.44. The van der Waals surface area contributed by atoms with Crippen LogP contribution in [0.15, 0.2) is 0 Å². The summed E-state index contributed by atoms with van der Waals surface area (Å²) < 4.78 is 9.39. The van der Waals surface area contributed by atoms with Gasteiger partial charge in [0.15, 0.2) is 0 Å². The van der Waals surface area contributed by atoms with E-state index >= 15 is 0 Å². The number of hydrogen-bond acceptors (Lipinski definition) is 4. The van der Waals surface area contributed by atoms with Crippen molar-refractivity contribution in [3.05, 3.63) is 0 Å². The van der Waals surface area contributed by atoms with E-state index in [0.29, 0.717) is 6.42 Å². The van der Waals surface area contributed by atoms with Gasteiger partial charge in [-0.15, -0.1) is 0 Å². The van der Waals surface area contributed by atoms with Crippen LogP contribution >= 0.6 is 0 Å². The fourth-order valence-corrected chi connectivity index (χ4v) is 0.813. The highest BCUT2D eigenvalue weighted by molar-refractivity contribution is 5.77. The van der Waals surface area contributed by atoms with Crippen LogP contribution in [0, 0.1) is 5.41 Å². The molecule has 0 amide bonds. The van der Waals surface area contributed by atoms with Crippen molar-refractivity contribution in [3.8, 4) is 0 Å². The molecule has 0 aromatic heterocycles. The standard InChI is InChI=1S/C9H16O4/c1-5-9(3,8(11)12-4)6-13-7(2)10/h5-6H2,1-4H3. The van der Waals surface area contributed by atoms with Gasteiger partial charge in [-0.25, -0.2) is 0 Å². The number of esters is 2. The zero-order valence-corrected chi connectivity index (χ0v) is 8.55. The van der Waals surface area contributed by atoms with Gasteiger partial charge >= 0.3 is 11.9 Å². The number of carbonyl (C=O) groups is 2. The number of hydrogen-bond donors (Lipinski definition) is 0. The summed E-state index contributed by atoms with van der Waals surface area (Å²) in [6, 6.07) is 0. The van der Waals surface area contributed by atoms with Crippen LogP contribution in [-0.4, -0.2) is 25.7 Å². The molecule has 0 fully saturated rings. The molecule has 0 rings (SSSR count). The van der Waals surface area contributed by atoms with Crippen molar-refractivity contribution in [2.24, 2.45) is 5.41 Å². The molecule has 76 valence electrons. The van der Waals surface area contributed by atoms with Crippen molar-refractivity contribution in [1.29, 1.82) is 0 Å². The zero-order chi connectivity index (χ0) is 10.5. The lowest BCUT2D eigenvalue weighted by atomic mass is 9.89. The van der Waals surface area contributed by atoms with E-state index in [4.69, 9.17) is 4.74 Å². The number of methoxy groups -OCH3 is 1. The normalized spacial score (nSPS) is 14.5. The molecule has 1 atom stereocenters. The lowest BCUT2D eigenvalue weighted by molar-refractivity contribution is -0.159. The molecule has 4 nitrogen and oxygen atoms in total. The molecular formula is C9H16O4. The molecule has 4 heteroatoms. The van der Waals surface area contributed by atoms with Gasteiger partial charge in [0.2, 0.25) is 0 Å². The van der Waals surface area contributed by atoms with Crippen LogP contribution in [0.1, 0.15) is 27.2 Å². The molecule has 0 N–H and O–H groups in total. The lowest BCUT2D eigenvalue weighted by Crippen LogP contribution is -2.34. The highest BCUT2D eigenvalue weighted by atomic mass is 16.5. The SMILES string of the molecule is CCC(C)(COC(C)=O)C(=O)OC. The summed E-state index contributed by atoms with van der Waals surface area (Å²) in [7, 11) is 1.32. The van der Waals surface area contributed by atoms with Gasteiger partial charge in [-0.3, -0.25) is 9.59 Å². The Labute approximate surface area is 78.2 Å². The smallest absolute Gasteiger partial charge is 0.314 e. The molecule has 0 heterocycles. The van der Waals surface area contributed by atoms with Crippen molar-refractivity contribution < 1.29 is 19.1 Å². The zero-order valence-electron chi connectivity index (χ0n) is 8.55. The predicted octanol–water partition coefficient (Wildman–Crippen LogP) is 1.14. The average Bonchev–Trinajstić information content (AvgIpc) is 2.12. The van der Waals surface area contributed by atoms with Crippen molar-refractivity contribution in [1.82, 2.24) is 0 Å². The molecule has 0 aromatic rings. The quantitative estimate of drug-likeness (QED) is 0.621. The maximum absolute atomic E-state index is 11.3. The van der Waals surface area contributed by atoms with Crippen LogP contribution in [0.5, 0.6) is 0 Å². The summed E-state index contributed by atoms with van der Waals surface area (Å²) >= 11 is 0. The van der Waals surface area contributed by atoms with Crippen molar-refractivity contribution >= 4 is 11.9 Å². The largest absolute Gasteiger partial charge is 0.469 e. The summed E-state index contributed by atoms with van der Waals surface area (Å²) in [5, 5.41) is 0. The molecule has 0 aromatic carbocycles. The maximum Gasteiger partial charge on any atom is 0.314 e. The first-order chi connectivity index (χ1) is 5.96. The van der Waals surface area contributed by atoms with Gasteiger partial charge in [-0.1, -0.05) is 6.92 Å². The van der Waals surface area contributed by atoms with Gasteiger partial charge in [-0.05, 0) is 13.3 Å². The van der Waals surface area contributed by atoms with E-state index in [2.05, 4.69) is 4.74 Å². The monoisotopic (exact) mass is 188 g/mol. The van der Waals surface area contributed by atoms with Crippen LogP contribution in [0.4, 0.5) is 0 Å². The van der Waals surface area contributed by atoms with E-state index in [1.54, 1.807) is 6.92 Å². The lowest BCUT2D eigenvalue weighted by Gasteiger charge is -2.23. The molecule has 0 saturated heterocycles. The highest BCUT2D eigenvalue weighted by Gasteiger charge is 2.33. The van der Waals surface area contributed by atoms with Gasteiger partial charge in [0.05, 0.1) is 12.5 Å². The third-order valence-corrected chi connectivity index (χ3v) is 2.05. The molecule has 0 bridgehead atoms. The summed E-state index contributed by atoms with van der Waals surface area (Å²) in [6.45, 7) is 4.95. The Balaban J connectivity index is 4.27. The summed E-state index contributed by atoms with van der Waals surface area (Å²) in [5.74, 6) is -0.736. The van der Waals surface area contributed by atoms with Gasteiger partial charge < -0.3 is 9.47 Å². The van der Waals surface area contributed by atoms with E-state index in [0.717, 1.165) is 0 Å². The Morgan fingerprint density at radius 3 is 2.23 bits per heavy atom. The molecule has 0 spiro atoms. The molecular weight excluding hydrogens is 172 g/mol. The summed E-state index contributed by atoms with van der Waals surface area (Å²) in [4.78, 5) is 21.8. The van der Waals surface area contributed by atoms with Crippen molar-refractivity contribution in [3.63, 3.8) is 0 Å². The minimum absolute atomic E-state index is 0.0749. The molecule has 0 aliphatic heterocycles. The fourth-order valence-electron chi connectivity index (χ4n) is 0.813. The average molecular weight is 188 g/mol. The van der Waals surface area contributed by atoms with Gasteiger partial charge in [0.25, 0.3) is 0 Å². The Bertz CT molecular complexity index is 200. The first kappa shape index (κ1) is 11.9. The summed E-state index contributed by atoms with van der Waals surface area (Å²) in [6.07, 6.45) is 0.576. The minimum Gasteiger partial charge on any atom is -0.469 e. The van der Waals surface area contributed by atoms with Gasteiger partial charge in [0.1, 0.15) is 6.61 Å². The van der Waals surface area contributed by atoms with E-state index in [9.17, 15) is 9.59 Å². The second-order valence-electron chi connectivity index (χ2n) is 3.19. The third-order valence-electron chi connectivity index (χ3n) is 2.05. The molecule has 0 aliphatic rings. The van der Waals surface area contributed by atoms with Gasteiger partial charge in [-0.2, -0.15) is 0 Å². The Hall–Kier alpha value is -1.06. The second kappa shape index (κ2) is 4.84. The number of carbonyl (C=O) groups excluding carboxylic acids is 2. The van der Waals surface area contributed by atoms with Crippen molar-refractivity contribution in [2.45, 2.75) is 27.2 Å². The highest BCUT2D eigenvalue weighted by Crippen LogP contribution is 2.23. The Morgan fingerprint density at radius 2 is 1.92 bits per heavy atom. The topological polar surface area (TPSA) is 52.6 Å². The van der Waals surface area contributed by atoms with E-state index in [-0.39, 0.29) is 18.5 Å². The fraction of sp³-hybridized carbons (Fsp3) is 0.778. The van der Waals surface area contributed by atoms with E-state index in [1.807, 2.05) is 6.92 Å². The molecule has 0 aliphatic carbocycles. The van der Waals surface area contributed by atoms with Crippen LogP contribution in [0.3, 0.4) is 0 Å². The molecule has 0 saturated carbocycles. The Morgan fingerprint density at radius 1 is 1.38 bits per heavy atom. The first-order valence-electron chi connectivity index (χ1n) is 4.18. The number of ether oxygens (including phenoxy) is 2. The second-order valence-corrected chi connectivity index (χ2v) is 3.19. The minimum atomic E-state index is -0.722. The van der Waals surface area contributed by atoms with Crippen molar-refractivity contribution in [2.75, 3.05) is 13.7 Å². The molecule has 1 unspecified atom stereocenters. The maximum atomic E-state index is 11.3. The van der Waals surface area contributed by atoms with Crippen LogP contribution < -0.4 is 0 Å². The Kier molecular flexibility index (Phi) is 4.45. The van der Waals surface area contributed by atoms with Crippen LogP contribution in [-0.2, 0) is 19.1 Å². The number of rotatable bonds is 4. The predicted molar refractivity (Wildman–Crippen MR) is 47.0 cm³/mol. The molecule has 13 heavy (non-hydrogen) atoms. The summed E-state index contributed by atoms with van der Waals surface area (Å²) in [5.41, 5.74) is -0.722. The van der Waals surface area contributed by atoms with E-state index in [1.165, 1.54) is 14.0 Å². The van der Waals surface area contributed by atoms with Crippen LogP contribution in [0.25, 0.3) is 0 Å². The van der Waals surface area contributed by atoms with Crippen LogP contribution in [0.2, 0.25) is 0 Å². The molecule has 0 radical (unpaired) electrons.